The molecule has 0 unspecified atom stereocenters. The van der Waals surface area contributed by atoms with Crippen LogP contribution in [0.5, 0.6) is 0 Å². The molecule has 1 saturated carbocycles. The summed E-state index contributed by atoms with van der Waals surface area (Å²) in [5.41, 5.74) is 1.55. The van der Waals surface area contributed by atoms with Crippen LogP contribution in [0.2, 0.25) is 0 Å². The predicted octanol–water partition coefficient (Wildman–Crippen LogP) is 6.90. The molecule has 2 rings (SSSR count). The average molecular weight is 639 g/mol. The molecule has 0 saturated heterocycles. The number of benzene rings is 1. The molecule has 6 heteroatoms. The Hall–Kier alpha value is -0.504. The summed E-state index contributed by atoms with van der Waals surface area (Å²) in [6, 6.07) is 10.1. The van der Waals surface area contributed by atoms with Crippen LogP contribution in [-0.4, -0.2) is 41.5 Å². The second-order valence-corrected chi connectivity index (χ2v) is 11.4. The molecule has 0 heterocycles. The van der Waals surface area contributed by atoms with Crippen LogP contribution in [0, 0.1) is 10.8 Å². The van der Waals surface area contributed by atoms with Crippen molar-refractivity contribution in [1.29, 1.82) is 0 Å². The van der Waals surface area contributed by atoms with E-state index in [0.29, 0.717) is 41.5 Å². The van der Waals surface area contributed by atoms with Crippen molar-refractivity contribution in [1.82, 2.24) is 0 Å². The summed E-state index contributed by atoms with van der Waals surface area (Å²) in [5, 5.41) is 28.3. The molecule has 0 amide bonds. The van der Waals surface area contributed by atoms with Crippen LogP contribution in [0.15, 0.2) is 30.3 Å². The van der Waals surface area contributed by atoms with E-state index in [1.165, 1.54) is 38.5 Å². The Labute approximate surface area is 213 Å². The van der Waals surface area contributed by atoms with Gasteiger partial charge in [-0.05, 0) is 23.3 Å². The first-order chi connectivity index (χ1) is 15.4. The van der Waals surface area contributed by atoms with Gasteiger partial charge in [-0.3, -0.25) is 0 Å². The van der Waals surface area contributed by atoms with Crippen molar-refractivity contribution in [2.24, 2.45) is 10.8 Å². The fraction of sp³-hybridized carbons (Fsp3) is 0.778. The van der Waals surface area contributed by atoms with Crippen molar-refractivity contribution in [3.05, 3.63) is 46.5 Å². The Bertz CT molecular complexity index is 572. The second kappa shape index (κ2) is 17.0. The summed E-state index contributed by atoms with van der Waals surface area (Å²) >= 11 is 0.611. The molecule has 0 radical (unpaired) electrons. The standard InChI is InChI=1S/C18H36N2.C9H12O2.O.Os/c1-17(2,3)11-13-19-15-9-7-8-10-16(15)20-14-12-18(4,5)6;1-7(10)9(11)8-5-3-2-4-6-8;;/h15-16H,7-14H2,1-6H3;2-7,9-11H,1H3;;/q-2;;;/t15-,16-;7-,9-;;/m10../s1. The topological polar surface area (TPSA) is 85.7 Å². The van der Waals surface area contributed by atoms with Crippen LogP contribution < -0.4 is 0 Å². The van der Waals surface area contributed by atoms with E-state index in [2.05, 4.69) is 41.5 Å². The van der Waals surface area contributed by atoms with Gasteiger partial charge in [-0.15, -0.1) is 13.1 Å². The van der Waals surface area contributed by atoms with Crippen molar-refractivity contribution in [3.63, 3.8) is 0 Å². The fourth-order valence-electron chi connectivity index (χ4n) is 3.58. The number of nitrogens with zero attached hydrogens (tertiary/aromatic N) is 2. The van der Waals surface area contributed by atoms with Gasteiger partial charge >= 0.3 is 22.1 Å². The molecule has 194 valence electrons. The van der Waals surface area contributed by atoms with E-state index in [0.717, 1.165) is 18.7 Å². The van der Waals surface area contributed by atoms with Gasteiger partial charge in [0.15, 0.2) is 0 Å². The van der Waals surface area contributed by atoms with Crippen LogP contribution in [0.25, 0.3) is 10.6 Å². The summed E-state index contributed by atoms with van der Waals surface area (Å²) in [4.78, 5) is 0. The molecule has 1 fully saturated rings. The average Bonchev–Trinajstić information content (AvgIpc) is 2.75. The third-order valence-electron chi connectivity index (χ3n) is 5.74. The maximum absolute atomic E-state index is 9.35. The molecular formula is C27H48N2O3Os-2. The minimum atomic E-state index is -0.767. The van der Waals surface area contributed by atoms with Gasteiger partial charge in [-0.2, -0.15) is 12.1 Å². The van der Waals surface area contributed by atoms with Gasteiger partial charge in [-0.1, -0.05) is 110 Å². The second-order valence-electron chi connectivity index (χ2n) is 11.4. The zero-order chi connectivity index (χ0) is 25.5. The first kappa shape index (κ1) is 32.5. The minimum absolute atomic E-state index is 0.400. The zero-order valence-corrected chi connectivity index (χ0v) is 24.4. The van der Waals surface area contributed by atoms with Crippen molar-refractivity contribution >= 4 is 0 Å². The summed E-state index contributed by atoms with van der Waals surface area (Å²) in [5.74, 6) is 0. The summed E-state index contributed by atoms with van der Waals surface area (Å²) < 4.78 is 8.28. The third-order valence-corrected chi connectivity index (χ3v) is 5.74. The molecule has 0 bridgehead atoms. The number of rotatable bonds is 8. The van der Waals surface area contributed by atoms with E-state index in [1.54, 1.807) is 19.1 Å². The number of hydrogen-bond donors (Lipinski definition) is 2. The van der Waals surface area contributed by atoms with Crippen LogP contribution >= 0.6 is 0 Å². The molecule has 5 nitrogen and oxygen atoms in total. The predicted molar refractivity (Wildman–Crippen MR) is 134 cm³/mol. The quantitative estimate of drug-likeness (QED) is 0.325. The SMILES string of the molecule is CC(C)(C)CC[N-][C@@H]1CCCC[C@H]1[N-]CCC(C)(C)C.C[C@H](O)[C@H](O)c1ccccc1.[O]=[Os]. The van der Waals surface area contributed by atoms with Crippen LogP contribution in [-0.2, 0) is 22.1 Å². The molecule has 1 aromatic carbocycles. The molecule has 2 N–H and O–H groups in total. The normalized spacial score (nSPS) is 20.5. The molecule has 1 aliphatic rings. The van der Waals surface area contributed by atoms with Gasteiger partial charge in [0.2, 0.25) is 0 Å². The van der Waals surface area contributed by atoms with Crippen LogP contribution in [0.4, 0.5) is 0 Å². The summed E-state index contributed by atoms with van der Waals surface area (Å²) in [6.07, 6.45) is 6.11. The molecule has 0 spiro atoms. The molecule has 0 aliphatic heterocycles. The van der Waals surface area contributed by atoms with E-state index >= 15 is 0 Å². The van der Waals surface area contributed by atoms with Crippen molar-refractivity contribution in [2.45, 2.75) is 111 Å². The van der Waals surface area contributed by atoms with Crippen LogP contribution in [0.3, 0.4) is 0 Å². The Kier molecular flexibility index (Phi) is 16.8. The van der Waals surface area contributed by atoms with Gasteiger partial charge in [0.1, 0.15) is 6.10 Å². The van der Waals surface area contributed by atoms with Gasteiger partial charge < -0.3 is 20.8 Å². The van der Waals surface area contributed by atoms with Gasteiger partial charge in [0.25, 0.3) is 0 Å². The van der Waals surface area contributed by atoms with E-state index in [1.807, 2.05) is 18.2 Å². The molecule has 0 aromatic heterocycles. The molecule has 1 aliphatic carbocycles. The Morgan fingerprint density at radius 2 is 1.24 bits per heavy atom. The first-order valence-electron chi connectivity index (χ1n) is 12.3. The Balaban J connectivity index is 0.000000663. The van der Waals surface area contributed by atoms with E-state index < -0.39 is 12.2 Å². The van der Waals surface area contributed by atoms with Gasteiger partial charge in [-0.25, -0.2) is 0 Å². The van der Waals surface area contributed by atoms with E-state index in [9.17, 15) is 5.11 Å². The Morgan fingerprint density at radius 1 is 0.848 bits per heavy atom. The zero-order valence-electron chi connectivity index (χ0n) is 21.9. The van der Waals surface area contributed by atoms with Crippen molar-refractivity contribution in [3.8, 4) is 0 Å². The first-order valence-corrected chi connectivity index (χ1v) is 13.3. The maximum atomic E-state index is 9.35. The van der Waals surface area contributed by atoms with E-state index in [-0.39, 0.29) is 0 Å². The van der Waals surface area contributed by atoms with Crippen LogP contribution in [0.1, 0.15) is 98.7 Å². The van der Waals surface area contributed by atoms with Gasteiger partial charge in [0, 0.05) is 0 Å². The number of aliphatic hydroxyl groups excluding tert-OH is 2. The molecule has 33 heavy (non-hydrogen) atoms. The van der Waals surface area contributed by atoms with Crippen molar-refractivity contribution in [2.75, 3.05) is 13.1 Å². The fourth-order valence-corrected chi connectivity index (χ4v) is 3.58. The number of hydrogen-bond acceptors (Lipinski definition) is 3. The Morgan fingerprint density at radius 3 is 1.58 bits per heavy atom. The summed E-state index contributed by atoms with van der Waals surface area (Å²) in [7, 11) is 0. The molecule has 1 aromatic rings. The number of aliphatic hydroxyl groups is 2. The third kappa shape index (κ3) is 16.7. The summed E-state index contributed by atoms with van der Waals surface area (Å²) in [6.45, 7) is 17.4. The monoisotopic (exact) mass is 640 g/mol. The van der Waals surface area contributed by atoms with E-state index in [4.69, 9.17) is 19.3 Å². The molecular weight excluding hydrogens is 591 g/mol. The van der Waals surface area contributed by atoms with Crippen molar-refractivity contribution < 1.29 is 32.3 Å². The van der Waals surface area contributed by atoms with Gasteiger partial charge in [0.05, 0.1) is 6.10 Å². The molecule has 4 atom stereocenters.